The fourth-order valence-corrected chi connectivity index (χ4v) is 4.19. The summed E-state index contributed by atoms with van der Waals surface area (Å²) in [5, 5.41) is 12.4. The maximum absolute atomic E-state index is 12.5. The highest BCUT2D eigenvalue weighted by Gasteiger charge is 2.20. The molecule has 0 aliphatic heterocycles. The number of anilines is 1. The Morgan fingerprint density at radius 1 is 1.13 bits per heavy atom. The van der Waals surface area contributed by atoms with Crippen LogP contribution < -0.4 is 10.1 Å². The van der Waals surface area contributed by atoms with Crippen molar-refractivity contribution in [2.75, 3.05) is 11.1 Å². The van der Waals surface area contributed by atoms with E-state index in [-0.39, 0.29) is 17.8 Å². The van der Waals surface area contributed by atoms with E-state index in [0.717, 1.165) is 34.0 Å². The van der Waals surface area contributed by atoms with Crippen molar-refractivity contribution in [2.24, 2.45) is 0 Å². The number of benzene rings is 2. The van der Waals surface area contributed by atoms with Crippen LogP contribution in [0, 0.1) is 27.7 Å². The third-order valence-electron chi connectivity index (χ3n) is 5.27. The van der Waals surface area contributed by atoms with Crippen LogP contribution in [0.15, 0.2) is 41.6 Å². The first-order valence-electron chi connectivity index (χ1n) is 10.5. The number of nitrogens with zero attached hydrogens (tertiary/aromatic N) is 3. The second-order valence-corrected chi connectivity index (χ2v) is 8.64. The lowest BCUT2D eigenvalue weighted by Gasteiger charge is -2.17. The molecule has 31 heavy (non-hydrogen) atoms. The van der Waals surface area contributed by atoms with Crippen LogP contribution in [-0.4, -0.2) is 26.4 Å². The van der Waals surface area contributed by atoms with Gasteiger partial charge in [-0.1, -0.05) is 41.6 Å². The van der Waals surface area contributed by atoms with Gasteiger partial charge in [-0.2, -0.15) is 0 Å². The number of hydrogen-bond acceptors (Lipinski definition) is 5. The van der Waals surface area contributed by atoms with E-state index >= 15 is 0 Å². The molecule has 3 aromatic rings. The Balaban J connectivity index is 1.66. The molecule has 1 unspecified atom stereocenters. The summed E-state index contributed by atoms with van der Waals surface area (Å²) in [5.74, 6) is 1.79. The van der Waals surface area contributed by atoms with Gasteiger partial charge in [-0.05, 0) is 70.4 Å². The van der Waals surface area contributed by atoms with E-state index < -0.39 is 0 Å². The number of thioether (sulfide) groups is 1. The number of aryl methyl sites for hydroxylation is 3. The van der Waals surface area contributed by atoms with Crippen molar-refractivity contribution in [1.29, 1.82) is 0 Å². The topological polar surface area (TPSA) is 69.0 Å². The summed E-state index contributed by atoms with van der Waals surface area (Å²) in [7, 11) is 0. The third kappa shape index (κ3) is 5.47. The summed E-state index contributed by atoms with van der Waals surface area (Å²) in [6.07, 6.45) is -0.257. The van der Waals surface area contributed by atoms with Gasteiger partial charge in [0.15, 0.2) is 17.1 Å². The highest BCUT2D eigenvalue weighted by Crippen LogP contribution is 2.27. The molecule has 0 fully saturated rings. The normalized spacial score (nSPS) is 11.9. The van der Waals surface area contributed by atoms with Crippen LogP contribution in [0.3, 0.4) is 0 Å². The Morgan fingerprint density at radius 2 is 1.90 bits per heavy atom. The highest BCUT2D eigenvalue weighted by atomic mass is 32.2. The molecule has 1 heterocycles. The zero-order chi connectivity index (χ0) is 22.5. The second-order valence-electron chi connectivity index (χ2n) is 7.70. The first kappa shape index (κ1) is 22.9. The minimum absolute atomic E-state index is 0.0644. The molecule has 1 amide bonds. The fraction of sp³-hybridized carbons (Fsp3) is 0.375. The van der Waals surface area contributed by atoms with Crippen LogP contribution in [-0.2, 0) is 11.3 Å². The van der Waals surface area contributed by atoms with Crippen LogP contribution in [0.4, 0.5) is 5.69 Å². The van der Waals surface area contributed by atoms with Crippen LogP contribution >= 0.6 is 11.8 Å². The lowest BCUT2D eigenvalue weighted by atomic mass is 10.1. The van der Waals surface area contributed by atoms with E-state index in [2.05, 4.69) is 28.5 Å². The van der Waals surface area contributed by atoms with Gasteiger partial charge in [-0.25, -0.2) is 0 Å². The SMILES string of the molecule is CCn1c(SCC(=O)Nc2cccc(C)c2C)nnc1C(C)Oc1ccc(C)cc1C. The van der Waals surface area contributed by atoms with Crippen molar-refractivity contribution in [3.05, 3.63) is 64.5 Å². The summed E-state index contributed by atoms with van der Waals surface area (Å²) >= 11 is 1.38. The molecule has 0 bridgehead atoms. The molecule has 0 spiro atoms. The van der Waals surface area contributed by atoms with E-state index in [1.807, 2.05) is 69.5 Å². The molecule has 0 aliphatic rings. The molecule has 3 rings (SSSR count). The third-order valence-corrected chi connectivity index (χ3v) is 6.24. The molecule has 1 atom stereocenters. The van der Waals surface area contributed by atoms with Gasteiger partial charge >= 0.3 is 0 Å². The predicted octanol–water partition coefficient (Wildman–Crippen LogP) is 5.40. The van der Waals surface area contributed by atoms with Gasteiger partial charge in [-0.3, -0.25) is 4.79 Å². The van der Waals surface area contributed by atoms with E-state index in [9.17, 15) is 4.79 Å². The maximum atomic E-state index is 12.5. The van der Waals surface area contributed by atoms with Gasteiger partial charge in [0.05, 0.1) is 5.75 Å². The van der Waals surface area contributed by atoms with Crippen molar-refractivity contribution < 1.29 is 9.53 Å². The smallest absolute Gasteiger partial charge is 0.234 e. The largest absolute Gasteiger partial charge is 0.482 e. The first-order valence-corrected chi connectivity index (χ1v) is 11.4. The summed E-state index contributed by atoms with van der Waals surface area (Å²) in [6.45, 7) is 12.8. The monoisotopic (exact) mass is 438 g/mol. The first-order chi connectivity index (χ1) is 14.8. The van der Waals surface area contributed by atoms with Gasteiger partial charge < -0.3 is 14.6 Å². The number of ether oxygens (including phenoxy) is 1. The number of carbonyl (C=O) groups excluding carboxylic acids is 1. The summed E-state index contributed by atoms with van der Waals surface area (Å²) in [5.41, 5.74) is 5.37. The summed E-state index contributed by atoms with van der Waals surface area (Å²) in [6, 6.07) is 12.0. The minimum atomic E-state index is -0.257. The highest BCUT2D eigenvalue weighted by molar-refractivity contribution is 7.99. The van der Waals surface area contributed by atoms with Crippen molar-refractivity contribution in [1.82, 2.24) is 14.8 Å². The molecule has 0 aliphatic carbocycles. The molecule has 164 valence electrons. The maximum Gasteiger partial charge on any atom is 0.234 e. The Hall–Kier alpha value is -2.80. The molecule has 7 heteroatoms. The molecular formula is C24H30N4O2S. The Bertz CT molecular complexity index is 1080. The molecule has 0 saturated carbocycles. The van der Waals surface area contributed by atoms with Gasteiger partial charge in [0.1, 0.15) is 5.75 Å². The zero-order valence-electron chi connectivity index (χ0n) is 19.0. The number of hydrogen-bond donors (Lipinski definition) is 1. The Kier molecular flexibility index (Phi) is 7.38. The number of rotatable bonds is 8. The molecule has 0 saturated heterocycles. The van der Waals surface area contributed by atoms with Crippen LogP contribution in [0.1, 0.15) is 48.0 Å². The molecule has 1 N–H and O–H groups in total. The summed E-state index contributed by atoms with van der Waals surface area (Å²) < 4.78 is 8.16. The number of amides is 1. The fourth-order valence-electron chi connectivity index (χ4n) is 3.38. The predicted molar refractivity (Wildman–Crippen MR) is 126 cm³/mol. The van der Waals surface area contributed by atoms with Gasteiger partial charge in [-0.15, -0.1) is 10.2 Å². The average molecular weight is 439 g/mol. The van der Waals surface area contributed by atoms with E-state index in [1.54, 1.807) is 0 Å². The molecule has 0 radical (unpaired) electrons. The van der Waals surface area contributed by atoms with E-state index in [1.165, 1.54) is 17.3 Å². The van der Waals surface area contributed by atoms with Gasteiger partial charge in [0, 0.05) is 12.2 Å². The minimum Gasteiger partial charge on any atom is -0.482 e. The van der Waals surface area contributed by atoms with Crippen molar-refractivity contribution in [3.8, 4) is 5.75 Å². The second kappa shape index (κ2) is 10.0. The van der Waals surface area contributed by atoms with Crippen LogP contribution in [0.5, 0.6) is 5.75 Å². The van der Waals surface area contributed by atoms with Crippen LogP contribution in [0.25, 0.3) is 0 Å². The molecule has 6 nitrogen and oxygen atoms in total. The number of carbonyl (C=O) groups is 1. The van der Waals surface area contributed by atoms with Gasteiger partial charge in [0.25, 0.3) is 0 Å². The molecule has 2 aromatic carbocycles. The van der Waals surface area contributed by atoms with Crippen molar-refractivity contribution in [3.63, 3.8) is 0 Å². The number of aromatic nitrogens is 3. The number of nitrogens with one attached hydrogen (secondary N) is 1. The van der Waals surface area contributed by atoms with E-state index in [0.29, 0.717) is 11.7 Å². The van der Waals surface area contributed by atoms with Crippen LogP contribution in [0.2, 0.25) is 0 Å². The zero-order valence-corrected chi connectivity index (χ0v) is 19.8. The average Bonchev–Trinajstić information content (AvgIpc) is 3.15. The Morgan fingerprint density at radius 3 is 2.61 bits per heavy atom. The van der Waals surface area contributed by atoms with E-state index in [4.69, 9.17) is 4.74 Å². The van der Waals surface area contributed by atoms with Crippen molar-refractivity contribution >= 4 is 23.4 Å². The van der Waals surface area contributed by atoms with Gasteiger partial charge in [0.2, 0.25) is 5.91 Å². The van der Waals surface area contributed by atoms with Crippen molar-refractivity contribution in [2.45, 2.75) is 59.3 Å². The lowest BCUT2D eigenvalue weighted by Crippen LogP contribution is -2.16. The molecule has 1 aromatic heterocycles. The standard InChI is InChI=1S/C24H30N4O2S/c1-7-28-23(19(6)30-21-12-11-15(2)13-17(21)4)26-27-24(28)31-14-22(29)25-20-10-8-9-16(3)18(20)5/h8-13,19H,7,14H2,1-6H3,(H,25,29). The Labute approximate surface area is 188 Å². The molecular weight excluding hydrogens is 408 g/mol. The quantitative estimate of drug-likeness (QED) is 0.477. The lowest BCUT2D eigenvalue weighted by molar-refractivity contribution is -0.113. The summed E-state index contributed by atoms with van der Waals surface area (Å²) in [4.78, 5) is 12.5.